The van der Waals surface area contributed by atoms with Gasteiger partial charge in [-0.25, -0.2) is 0 Å². The third-order valence-corrected chi connectivity index (χ3v) is 6.42. The zero-order chi connectivity index (χ0) is 13.6. The minimum absolute atomic E-state index is 0.0607. The molecule has 1 spiro atoms. The van der Waals surface area contributed by atoms with Crippen LogP contribution in [0.4, 0.5) is 0 Å². The fourth-order valence-corrected chi connectivity index (χ4v) is 5.09. The van der Waals surface area contributed by atoms with Crippen LogP contribution in [0.5, 0.6) is 0 Å². The van der Waals surface area contributed by atoms with Gasteiger partial charge in [0.05, 0.1) is 11.3 Å². The van der Waals surface area contributed by atoms with Gasteiger partial charge in [0.25, 0.3) is 0 Å². The molecule has 4 nitrogen and oxygen atoms in total. The SMILES string of the molecule is C[C@@H]1C(=O)O[C@@H]2[C@H]1CC[C@@]1(C)C(=O)CC[C@@]3(C)O[C@]231. The molecule has 104 valence electrons. The summed E-state index contributed by atoms with van der Waals surface area (Å²) in [4.78, 5) is 24.4. The number of ketones is 1. The van der Waals surface area contributed by atoms with Crippen LogP contribution in [0.25, 0.3) is 0 Å². The van der Waals surface area contributed by atoms with Crippen molar-refractivity contribution in [2.24, 2.45) is 17.3 Å². The monoisotopic (exact) mass is 264 g/mol. The number of rotatable bonds is 0. The molecule has 4 fully saturated rings. The van der Waals surface area contributed by atoms with Gasteiger partial charge >= 0.3 is 5.97 Å². The molecular weight excluding hydrogens is 244 g/mol. The van der Waals surface area contributed by atoms with E-state index in [-0.39, 0.29) is 35.3 Å². The molecule has 6 atom stereocenters. The summed E-state index contributed by atoms with van der Waals surface area (Å²) in [5.74, 6) is 0.323. The molecule has 2 aliphatic heterocycles. The van der Waals surface area contributed by atoms with Crippen molar-refractivity contribution in [1.82, 2.24) is 0 Å². The van der Waals surface area contributed by atoms with Crippen molar-refractivity contribution < 1.29 is 19.1 Å². The van der Waals surface area contributed by atoms with Crippen molar-refractivity contribution in [3.05, 3.63) is 0 Å². The Labute approximate surface area is 112 Å². The number of carbonyl (C=O) groups excluding carboxylic acids is 2. The molecule has 0 radical (unpaired) electrons. The summed E-state index contributed by atoms with van der Waals surface area (Å²) in [5.41, 5.74) is -1.28. The second kappa shape index (κ2) is 3.05. The zero-order valence-electron chi connectivity index (χ0n) is 11.7. The minimum Gasteiger partial charge on any atom is -0.459 e. The largest absolute Gasteiger partial charge is 0.459 e. The van der Waals surface area contributed by atoms with Crippen LogP contribution >= 0.6 is 0 Å². The first-order valence-corrected chi connectivity index (χ1v) is 7.30. The average Bonchev–Trinajstić information content (AvgIpc) is 2.90. The Morgan fingerprint density at radius 1 is 1.21 bits per heavy atom. The van der Waals surface area contributed by atoms with E-state index in [1.54, 1.807) is 0 Å². The first-order chi connectivity index (χ1) is 8.86. The summed E-state index contributed by atoms with van der Waals surface area (Å²) in [6.45, 7) is 6.04. The average molecular weight is 264 g/mol. The first kappa shape index (κ1) is 11.9. The van der Waals surface area contributed by atoms with Gasteiger partial charge in [-0.1, -0.05) is 6.92 Å². The van der Waals surface area contributed by atoms with Crippen LogP contribution in [0.1, 0.15) is 46.5 Å². The Morgan fingerprint density at radius 2 is 1.95 bits per heavy atom. The number of Topliss-reactive ketones (excluding diaryl/α,β-unsaturated/α-hetero) is 1. The predicted octanol–water partition coefficient (Wildman–Crippen LogP) is 1.85. The van der Waals surface area contributed by atoms with E-state index in [9.17, 15) is 9.59 Å². The molecule has 2 saturated heterocycles. The normalized spacial score (nSPS) is 59.0. The number of carbonyl (C=O) groups is 2. The standard InChI is InChI=1S/C15H20O4/c1-8-9-4-6-13(2)10(16)5-7-14(3)15(13,19-14)11(9)18-12(8)17/h8-9,11H,4-7H2,1-3H3/t8-,9-,11+,13-,14+,15-/m0/s1. The highest BCUT2D eigenvalue weighted by atomic mass is 16.7. The molecule has 0 aromatic heterocycles. The Hall–Kier alpha value is -0.900. The maximum Gasteiger partial charge on any atom is 0.309 e. The second-order valence-electron chi connectivity index (χ2n) is 7.17. The van der Waals surface area contributed by atoms with Gasteiger partial charge < -0.3 is 9.47 Å². The van der Waals surface area contributed by atoms with Crippen molar-refractivity contribution in [3.63, 3.8) is 0 Å². The molecular formula is C15H20O4. The molecule has 2 heterocycles. The Balaban J connectivity index is 1.83. The lowest BCUT2D eigenvalue weighted by atomic mass is 9.52. The summed E-state index contributed by atoms with van der Waals surface area (Å²) >= 11 is 0. The minimum atomic E-state index is -0.543. The highest BCUT2D eigenvalue weighted by Crippen LogP contribution is 2.72. The molecule has 19 heavy (non-hydrogen) atoms. The fraction of sp³-hybridized carbons (Fsp3) is 0.867. The molecule has 0 N–H and O–H groups in total. The van der Waals surface area contributed by atoms with Crippen LogP contribution < -0.4 is 0 Å². The van der Waals surface area contributed by atoms with Gasteiger partial charge in [0.1, 0.15) is 23.1 Å². The number of hydrogen-bond donors (Lipinski definition) is 0. The molecule has 0 amide bonds. The van der Waals surface area contributed by atoms with E-state index in [2.05, 4.69) is 6.92 Å². The maximum absolute atomic E-state index is 12.5. The molecule has 2 aliphatic carbocycles. The van der Waals surface area contributed by atoms with Crippen molar-refractivity contribution >= 4 is 11.8 Å². The highest BCUT2D eigenvalue weighted by molar-refractivity contribution is 5.89. The molecule has 4 heteroatoms. The van der Waals surface area contributed by atoms with Gasteiger partial charge in [0.15, 0.2) is 0 Å². The molecule has 0 unspecified atom stereocenters. The predicted molar refractivity (Wildman–Crippen MR) is 66.3 cm³/mol. The van der Waals surface area contributed by atoms with Crippen LogP contribution in [0, 0.1) is 17.3 Å². The van der Waals surface area contributed by atoms with E-state index in [0.717, 1.165) is 19.3 Å². The number of epoxide rings is 1. The topological polar surface area (TPSA) is 55.9 Å². The van der Waals surface area contributed by atoms with E-state index >= 15 is 0 Å². The van der Waals surface area contributed by atoms with Crippen molar-refractivity contribution in [2.75, 3.05) is 0 Å². The van der Waals surface area contributed by atoms with Gasteiger partial charge in [0.2, 0.25) is 0 Å². The van der Waals surface area contributed by atoms with Crippen LogP contribution in [-0.4, -0.2) is 29.1 Å². The molecule has 0 aromatic rings. The summed E-state index contributed by atoms with van der Waals surface area (Å²) in [6, 6.07) is 0. The van der Waals surface area contributed by atoms with E-state index in [0.29, 0.717) is 6.42 Å². The summed E-state index contributed by atoms with van der Waals surface area (Å²) in [7, 11) is 0. The summed E-state index contributed by atoms with van der Waals surface area (Å²) < 4.78 is 11.8. The molecule has 4 rings (SSSR count). The molecule has 4 aliphatic rings. The quantitative estimate of drug-likeness (QED) is 0.495. The number of fused-ring (bicyclic) bond motifs is 1. The second-order valence-corrected chi connectivity index (χ2v) is 7.17. The van der Waals surface area contributed by atoms with Gasteiger partial charge in [-0.2, -0.15) is 0 Å². The van der Waals surface area contributed by atoms with Crippen LogP contribution in [0.15, 0.2) is 0 Å². The third-order valence-electron chi connectivity index (χ3n) is 6.42. The van der Waals surface area contributed by atoms with Crippen LogP contribution in [0.2, 0.25) is 0 Å². The molecule has 2 saturated carbocycles. The van der Waals surface area contributed by atoms with E-state index in [1.807, 2.05) is 13.8 Å². The maximum atomic E-state index is 12.5. The Morgan fingerprint density at radius 3 is 2.68 bits per heavy atom. The Kier molecular flexibility index (Phi) is 1.91. The zero-order valence-corrected chi connectivity index (χ0v) is 11.7. The lowest BCUT2D eigenvalue weighted by Gasteiger charge is -2.47. The summed E-state index contributed by atoms with van der Waals surface area (Å²) in [6.07, 6.45) is 2.85. The lowest BCUT2D eigenvalue weighted by Crippen LogP contribution is -2.61. The van der Waals surface area contributed by atoms with E-state index in [1.165, 1.54) is 0 Å². The number of esters is 1. The highest BCUT2D eigenvalue weighted by Gasteiger charge is 2.85. The molecule has 0 bridgehead atoms. The van der Waals surface area contributed by atoms with Gasteiger partial charge in [-0.15, -0.1) is 0 Å². The number of ether oxygens (including phenoxy) is 2. The Bertz CT molecular complexity index is 500. The first-order valence-electron chi connectivity index (χ1n) is 7.30. The van der Waals surface area contributed by atoms with E-state index in [4.69, 9.17) is 9.47 Å². The third kappa shape index (κ3) is 1.04. The number of hydrogen-bond acceptors (Lipinski definition) is 4. The smallest absolute Gasteiger partial charge is 0.309 e. The van der Waals surface area contributed by atoms with Gasteiger partial charge in [0, 0.05) is 12.3 Å². The van der Waals surface area contributed by atoms with Crippen molar-refractivity contribution in [2.45, 2.75) is 63.8 Å². The van der Waals surface area contributed by atoms with Crippen molar-refractivity contribution in [3.8, 4) is 0 Å². The van der Waals surface area contributed by atoms with Gasteiger partial charge in [-0.3, -0.25) is 9.59 Å². The van der Waals surface area contributed by atoms with Gasteiger partial charge in [-0.05, 0) is 33.1 Å². The van der Waals surface area contributed by atoms with Crippen molar-refractivity contribution in [1.29, 1.82) is 0 Å². The lowest BCUT2D eigenvalue weighted by molar-refractivity contribution is -0.157. The fourth-order valence-electron chi connectivity index (χ4n) is 5.09. The van der Waals surface area contributed by atoms with Crippen LogP contribution in [0.3, 0.4) is 0 Å². The summed E-state index contributed by atoms with van der Waals surface area (Å²) in [5, 5.41) is 0. The molecule has 0 aromatic carbocycles. The van der Waals surface area contributed by atoms with E-state index < -0.39 is 11.0 Å². The van der Waals surface area contributed by atoms with Crippen LogP contribution in [-0.2, 0) is 19.1 Å².